The average Bonchev–Trinajstić information content (AvgIpc) is 2.26. The molecule has 0 radical (unpaired) electrons. The van der Waals surface area contributed by atoms with Gasteiger partial charge in [-0.3, -0.25) is 19.7 Å². The van der Waals surface area contributed by atoms with E-state index in [0.717, 1.165) is 0 Å². The normalized spacial score (nSPS) is 24.1. The molecule has 1 aromatic rings. The number of fused-ring (bicyclic) bond motifs is 1. The van der Waals surface area contributed by atoms with Gasteiger partial charge in [-0.2, -0.15) is 0 Å². The number of hydrogen-bond donors (Lipinski definition) is 1. The molecule has 82 valence electrons. The second kappa shape index (κ2) is 3.49. The van der Waals surface area contributed by atoms with E-state index in [1.165, 1.54) is 24.3 Å². The highest BCUT2D eigenvalue weighted by molar-refractivity contribution is 6.17. The maximum absolute atomic E-state index is 11.7. The van der Waals surface area contributed by atoms with Crippen LogP contribution in [-0.4, -0.2) is 33.7 Å². The van der Waals surface area contributed by atoms with Crippen molar-refractivity contribution in [1.29, 1.82) is 0 Å². The number of aliphatic hydroxyl groups is 1. The van der Waals surface area contributed by atoms with Crippen molar-refractivity contribution in [3.8, 4) is 0 Å². The van der Waals surface area contributed by atoms with E-state index < -0.39 is 28.6 Å². The topological polar surface area (TPSA) is 97.5 Å². The van der Waals surface area contributed by atoms with E-state index in [1.54, 1.807) is 0 Å². The minimum absolute atomic E-state index is 0.000463. The van der Waals surface area contributed by atoms with Gasteiger partial charge in [0.1, 0.15) is 0 Å². The summed E-state index contributed by atoms with van der Waals surface area (Å²) in [6, 6.07) is 3.87. The van der Waals surface area contributed by atoms with E-state index in [9.17, 15) is 24.8 Å². The molecule has 0 saturated heterocycles. The van der Waals surface area contributed by atoms with Gasteiger partial charge in [-0.15, -0.1) is 0 Å². The Morgan fingerprint density at radius 2 is 1.62 bits per heavy atom. The minimum Gasteiger partial charge on any atom is -0.378 e. The van der Waals surface area contributed by atoms with Crippen LogP contribution in [0.2, 0.25) is 0 Å². The van der Waals surface area contributed by atoms with E-state index in [2.05, 4.69) is 0 Å². The average molecular weight is 221 g/mol. The molecule has 6 nitrogen and oxygen atoms in total. The van der Waals surface area contributed by atoms with Crippen LogP contribution in [-0.2, 0) is 0 Å². The minimum atomic E-state index is -1.89. The lowest BCUT2D eigenvalue weighted by Crippen LogP contribution is -2.49. The fourth-order valence-electron chi connectivity index (χ4n) is 1.73. The van der Waals surface area contributed by atoms with Crippen molar-refractivity contribution in [3.05, 3.63) is 45.5 Å². The number of benzene rings is 1. The van der Waals surface area contributed by atoms with Crippen LogP contribution in [0, 0.1) is 10.1 Å². The summed E-state index contributed by atoms with van der Waals surface area (Å²) >= 11 is 0. The van der Waals surface area contributed by atoms with Crippen molar-refractivity contribution < 1.29 is 19.6 Å². The Morgan fingerprint density at radius 1 is 1.12 bits per heavy atom. The van der Waals surface area contributed by atoms with Gasteiger partial charge in [0.05, 0.1) is 0 Å². The van der Waals surface area contributed by atoms with Crippen LogP contribution in [0.5, 0.6) is 0 Å². The lowest BCUT2D eigenvalue weighted by Gasteiger charge is -2.21. The van der Waals surface area contributed by atoms with Crippen molar-refractivity contribution in [2.24, 2.45) is 0 Å². The van der Waals surface area contributed by atoms with Gasteiger partial charge in [-0.25, -0.2) is 0 Å². The van der Waals surface area contributed by atoms with Gasteiger partial charge in [-0.05, 0) is 0 Å². The smallest absolute Gasteiger partial charge is 0.307 e. The highest BCUT2D eigenvalue weighted by atomic mass is 16.6. The fourth-order valence-corrected chi connectivity index (χ4v) is 1.73. The second-order valence-electron chi connectivity index (χ2n) is 3.45. The molecule has 2 atom stereocenters. The lowest BCUT2D eigenvalue weighted by atomic mass is 9.84. The van der Waals surface area contributed by atoms with Crippen LogP contribution in [0.3, 0.4) is 0 Å². The second-order valence-corrected chi connectivity index (χ2v) is 3.45. The molecule has 1 N–H and O–H groups in total. The van der Waals surface area contributed by atoms with E-state index in [0.29, 0.717) is 0 Å². The van der Waals surface area contributed by atoms with Crippen LogP contribution in [0.4, 0.5) is 0 Å². The van der Waals surface area contributed by atoms with E-state index in [4.69, 9.17) is 0 Å². The number of rotatable bonds is 1. The maximum atomic E-state index is 11.7. The van der Waals surface area contributed by atoms with E-state index in [-0.39, 0.29) is 11.1 Å². The molecule has 0 amide bonds. The molecule has 6 heteroatoms. The summed E-state index contributed by atoms with van der Waals surface area (Å²) < 4.78 is 0. The highest BCUT2D eigenvalue weighted by Gasteiger charge is 2.48. The number of hydrogen-bond acceptors (Lipinski definition) is 5. The first-order valence-corrected chi connectivity index (χ1v) is 4.53. The highest BCUT2D eigenvalue weighted by Crippen LogP contribution is 2.23. The molecule has 1 aromatic carbocycles. The zero-order chi connectivity index (χ0) is 11.9. The third-order valence-corrected chi connectivity index (χ3v) is 2.52. The molecule has 0 aliphatic heterocycles. The summed E-state index contributed by atoms with van der Waals surface area (Å²) in [5.74, 6) is -1.61. The fraction of sp³-hybridized carbons (Fsp3) is 0.200. The zero-order valence-electron chi connectivity index (χ0n) is 7.99. The van der Waals surface area contributed by atoms with E-state index >= 15 is 0 Å². The van der Waals surface area contributed by atoms with Gasteiger partial charge in [-0.1, -0.05) is 24.3 Å². The van der Waals surface area contributed by atoms with Gasteiger partial charge in [0.2, 0.25) is 5.78 Å². The van der Waals surface area contributed by atoms with Crippen LogP contribution in [0.15, 0.2) is 24.3 Å². The monoisotopic (exact) mass is 221 g/mol. The lowest BCUT2D eigenvalue weighted by molar-refractivity contribution is -0.513. The quantitative estimate of drug-likeness (QED) is 0.534. The molecule has 0 aromatic heterocycles. The summed E-state index contributed by atoms with van der Waals surface area (Å²) in [5, 5.41) is 20.0. The molecule has 0 bridgehead atoms. The Kier molecular flexibility index (Phi) is 2.28. The standard InChI is InChI=1S/C10H7NO5/c12-8-5-3-1-2-4-6(5)9(13)10(14)7(8)11(15)16/h1-4,7,10,14H/t7-,10+/m1/s1. The molecule has 0 unspecified atom stereocenters. The Hall–Kier alpha value is -2.08. The first kappa shape index (κ1) is 10.4. The van der Waals surface area contributed by atoms with Crippen molar-refractivity contribution in [3.63, 3.8) is 0 Å². The van der Waals surface area contributed by atoms with Crippen molar-refractivity contribution in [2.75, 3.05) is 0 Å². The van der Waals surface area contributed by atoms with Crippen LogP contribution in [0.25, 0.3) is 0 Å². The van der Waals surface area contributed by atoms with Crippen molar-refractivity contribution >= 4 is 11.6 Å². The van der Waals surface area contributed by atoms with Gasteiger partial charge in [0, 0.05) is 16.1 Å². The summed E-state index contributed by atoms with van der Waals surface area (Å²) in [7, 11) is 0. The molecule has 0 heterocycles. The Bertz CT molecular complexity index is 496. The number of carbonyl (C=O) groups is 2. The summed E-state index contributed by atoms with van der Waals surface area (Å²) in [6.07, 6.45) is -1.89. The molecule has 0 saturated carbocycles. The van der Waals surface area contributed by atoms with Gasteiger partial charge >= 0.3 is 6.04 Å². The van der Waals surface area contributed by atoms with Crippen LogP contribution < -0.4 is 0 Å². The third-order valence-electron chi connectivity index (χ3n) is 2.52. The Morgan fingerprint density at radius 3 is 2.12 bits per heavy atom. The van der Waals surface area contributed by atoms with Gasteiger partial charge in [0.25, 0.3) is 0 Å². The molecule has 2 rings (SSSR count). The largest absolute Gasteiger partial charge is 0.378 e. The molecule has 1 aliphatic carbocycles. The first-order chi connectivity index (χ1) is 7.54. The number of nitro groups is 1. The van der Waals surface area contributed by atoms with Gasteiger partial charge < -0.3 is 5.11 Å². The number of nitrogens with zero attached hydrogens (tertiary/aromatic N) is 1. The molecular weight excluding hydrogens is 214 g/mol. The number of Topliss-reactive ketones (excluding diaryl/α,β-unsaturated/α-hetero) is 2. The number of carbonyl (C=O) groups excluding carboxylic acids is 2. The number of ketones is 2. The maximum Gasteiger partial charge on any atom is 0.307 e. The first-order valence-electron chi connectivity index (χ1n) is 4.53. The predicted molar refractivity (Wildman–Crippen MR) is 51.9 cm³/mol. The zero-order valence-corrected chi connectivity index (χ0v) is 7.99. The molecule has 1 aliphatic rings. The summed E-state index contributed by atoms with van der Waals surface area (Å²) in [5.41, 5.74) is 0.0394. The van der Waals surface area contributed by atoms with Gasteiger partial charge in [0.15, 0.2) is 11.9 Å². The molecular formula is C10H7NO5. The predicted octanol–water partition coefficient (Wildman–Crippen LogP) is 0.0718. The van der Waals surface area contributed by atoms with E-state index in [1.807, 2.05) is 0 Å². The SMILES string of the molecule is O=C1c2ccccc2C(=O)[C@@H]([N+](=O)[O-])[C@@H]1O. The summed E-state index contributed by atoms with van der Waals surface area (Å²) in [4.78, 5) is 32.9. The third kappa shape index (κ3) is 1.31. The molecule has 16 heavy (non-hydrogen) atoms. The van der Waals surface area contributed by atoms with Crippen molar-refractivity contribution in [1.82, 2.24) is 0 Å². The Balaban J connectivity index is 2.61. The summed E-state index contributed by atoms with van der Waals surface area (Å²) in [6.45, 7) is 0. The molecule has 0 spiro atoms. The molecule has 0 fully saturated rings. The Labute approximate surface area is 89.7 Å². The van der Waals surface area contributed by atoms with Crippen LogP contribution >= 0.6 is 0 Å². The van der Waals surface area contributed by atoms with Crippen molar-refractivity contribution in [2.45, 2.75) is 12.1 Å². The van der Waals surface area contributed by atoms with Crippen LogP contribution in [0.1, 0.15) is 20.7 Å². The number of aliphatic hydroxyl groups excluding tert-OH is 1.